The first-order valence-corrected chi connectivity index (χ1v) is 10.5. The molecule has 0 spiro atoms. The molecule has 0 bridgehead atoms. The van der Waals surface area contributed by atoms with Gasteiger partial charge in [0, 0.05) is 6.42 Å². The Morgan fingerprint density at radius 2 is 1.79 bits per heavy atom. The predicted octanol–water partition coefficient (Wildman–Crippen LogP) is 3.48. The first-order chi connectivity index (χ1) is 10.9. The molecule has 1 rings (SSSR count). The highest BCUT2D eigenvalue weighted by atomic mass is 31.2. The van der Waals surface area contributed by atoms with Crippen molar-refractivity contribution in [3.05, 3.63) is 0 Å². The highest BCUT2D eigenvalue weighted by Crippen LogP contribution is 2.50. The van der Waals surface area contributed by atoms with Crippen LogP contribution in [-0.4, -0.2) is 60.4 Å². The molecule has 0 aromatic rings. The number of hydrogen-bond acceptors (Lipinski definition) is 6. The fourth-order valence-corrected chi connectivity index (χ4v) is 5.35. The van der Waals surface area contributed by atoms with Crippen LogP contribution < -0.4 is 0 Å². The summed E-state index contributed by atoms with van der Waals surface area (Å²) in [4.78, 5) is 1.86. The van der Waals surface area contributed by atoms with Crippen LogP contribution in [0.3, 0.4) is 0 Å². The fourth-order valence-electron chi connectivity index (χ4n) is 3.60. The third-order valence-corrected chi connectivity index (χ3v) is 6.64. The van der Waals surface area contributed by atoms with Gasteiger partial charge in [-0.2, -0.15) is 0 Å². The Hall–Kier alpha value is 0.0300. The molecule has 7 heteroatoms. The Morgan fingerprint density at radius 1 is 1.29 bits per heavy atom. The van der Waals surface area contributed by atoms with E-state index in [4.69, 9.17) is 13.8 Å². The molecule has 0 radical (unpaired) electrons. The highest BCUT2D eigenvalue weighted by Gasteiger charge is 2.49. The van der Waals surface area contributed by atoms with Gasteiger partial charge in [-0.15, -0.1) is 0 Å². The Bertz CT molecular complexity index is 439. The molecule has 1 aliphatic heterocycles. The summed E-state index contributed by atoms with van der Waals surface area (Å²) in [5.74, 6) is 0. The van der Waals surface area contributed by atoms with Gasteiger partial charge in [-0.3, -0.25) is 9.46 Å². The molecular weight excluding hydrogens is 329 g/mol. The van der Waals surface area contributed by atoms with Crippen molar-refractivity contribution >= 4 is 7.60 Å². The lowest BCUT2D eigenvalue weighted by atomic mass is 9.75. The highest BCUT2D eigenvalue weighted by molar-refractivity contribution is 7.53. The number of nitrogens with zero attached hydrogens (tertiary/aromatic N) is 1. The molecule has 0 amide bonds. The van der Waals surface area contributed by atoms with Crippen molar-refractivity contribution in [2.75, 3.05) is 26.5 Å². The van der Waals surface area contributed by atoms with Crippen molar-refractivity contribution in [3.63, 3.8) is 0 Å². The van der Waals surface area contributed by atoms with Gasteiger partial charge in [0.05, 0.1) is 37.1 Å². The average molecular weight is 365 g/mol. The SMILES string of the molecule is CCOP(=O)(CN(C)C1C(C)OC(C(C)(C)C)CC1(C)O)OCC. The monoisotopic (exact) mass is 365 g/mol. The Morgan fingerprint density at radius 3 is 2.17 bits per heavy atom. The summed E-state index contributed by atoms with van der Waals surface area (Å²) < 4.78 is 29.7. The summed E-state index contributed by atoms with van der Waals surface area (Å²) >= 11 is 0. The lowest BCUT2D eigenvalue weighted by Crippen LogP contribution is -2.63. The molecule has 0 aliphatic carbocycles. The van der Waals surface area contributed by atoms with E-state index in [-0.39, 0.29) is 30.0 Å². The number of likely N-dealkylation sites (N-methyl/N-ethyl adjacent to an activating group) is 1. The Labute approximate surface area is 147 Å². The lowest BCUT2D eigenvalue weighted by molar-refractivity contribution is -0.200. The van der Waals surface area contributed by atoms with E-state index in [0.717, 1.165) is 0 Å². The van der Waals surface area contributed by atoms with Crippen molar-refractivity contribution < 1.29 is 23.5 Å². The summed E-state index contributed by atoms with van der Waals surface area (Å²) in [6.07, 6.45) is 0.435. The van der Waals surface area contributed by atoms with E-state index in [1.54, 1.807) is 13.8 Å². The fraction of sp³-hybridized carbons (Fsp3) is 1.00. The second-order valence-corrected chi connectivity index (χ2v) is 10.1. The second kappa shape index (κ2) is 8.15. The average Bonchev–Trinajstić information content (AvgIpc) is 2.35. The quantitative estimate of drug-likeness (QED) is 0.697. The number of hydrogen-bond donors (Lipinski definition) is 1. The van der Waals surface area contributed by atoms with Crippen LogP contribution in [0.4, 0.5) is 0 Å². The van der Waals surface area contributed by atoms with Gasteiger partial charge in [-0.25, -0.2) is 0 Å². The summed E-state index contributed by atoms with van der Waals surface area (Å²) in [7, 11) is -1.38. The van der Waals surface area contributed by atoms with Crippen LogP contribution >= 0.6 is 7.60 Å². The molecule has 4 unspecified atom stereocenters. The van der Waals surface area contributed by atoms with Crippen LogP contribution in [0.5, 0.6) is 0 Å². The number of ether oxygens (including phenoxy) is 1. The molecule has 1 fully saturated rings. The molecule has 144 valence electrons. The topological polar surface area (TPSA) is 68.2 Å². The van der Waals surface area contributed by atoms with Gasteiger partial charge in [-0.1, -0.05) is 20.8 Å². The van der Waals surface area contributed by atoms with Gasteiger partial charge in [0.1, 0.15) is 6.29 Å². The van der Waals surface area contributed by atoms with Gasteiger partial charge >= 0.3 is 7.60 Å². The third-order valence-electron chi connectivity index (χ3n) is 4.55. The summed E-state index contributed by atoms with van der Waals surface area (Å²) in [6, 6.07) is -0.287. The van der Waals surface area contributed by atoms with Crippen molar-refractivity contribution in [2.45, 2.75) is 78.7 Å². The minimum absolute atomic E-state index is 0.0299. The van der Waals surface area contributed by atoms with E-state index in [1.165, 1.54) is 0 Å². The van der Waals surface area contributed by atoms with Crippen molar-refractivity contribution in [2.24, 2.45) is 5.41 Å². The standard InChI is InChI=1S/C17H36NO5P/c1-9-21-24(20,22-10-2)12-18(8)15-13(3)23-14(16(4,5)6)11-17(15,7)19/h13-15,19H,9-12H2,1-8H3. The van der Waals surface area contributed by atoms with Crippen LogP contribution in [0.1, 0.15) is 54.9 Å². The minimum atomic E-state index is -3.21. The second-order valence-electron chi connectivity index (χ2n) is 8.05. The van der Waals surface area contributed by atoms with Crippen LogP contribution in [-0.2, 0) is 18.3 Å². The zero-order chi connectivity index (χ0) is 18.8. The van der Waals surface area contributed by atoms with Gasteiger partial charge in [0.15, 0.2) is 0 Å². The molecule has 24 heavy (non-hydrogen) atoms. The summed E-state index contributed by atoms with van der Waals surface area (Å²) in [5, 5.41) is 11.1. The van der Waals surface area contributed by atoms with E-state index in [0.29, 0.717) is 19.6 Å². The van der Waals surface area contributed by atoms with Crippen LogP contribution in [0.2, 0.25) is 0 Å². The molecular formula is C17H36NO5P. The maximum atomic E-state index is 12.8. The number of rotatable bonds is 7. The first-order valence-electron chi connectivity index (χ1n) is 8.82. The Balaban J connectivity index is 2.93. The smallest absolute Gasteiger partial charge is 0.344 e. The van der Waals surface area contributed by atoms with E-state index >= 15 is 0 Å². The normalized spacial score (nSPS) is 32.3. The third kappa shape index (κ3) is 5.52. The van der Waals surface area contributed by atoms with Crippen molar-refractivity contribution in [1.29, 1.82) is 0 Å². The van der Waals surface area contributed by atoms with Crippen molar-refractivity contribution in [1.82, 2.24) is 4.90 Å². The molecule has 6 nitrogen and oxygen atoms in total. The summed E-state index contributed by atoms with van der Waals surface area (Å²) in [6.45, 7) is 14.4. The maximum absolute atomic E-state index is 12.8. The molecule has 0 aromatic heterocycles. The van der Waals surface area contributed by atoms with Gasteiger partial charge in [-0.05, 0) is 40.2 Å². The van der Waals surface area contributed by atoms with E-state index < -0.39 is 13.2 Å². The van der Waals surface area contributed by atoms with Crippen LogP contribution in [0, 0.1) is 5.41 Å². The van der Waals surface area contributed by atoms with Crippen LogP contribution in [0.15, 0.2) is 0 Å². The van der Waals surface area contributed by atoms with Crippen molar-refractivity contribution in [3.8, 4) is 0 Å². The summed E-state index contributed by atoms with van der Waals surface area (Å²) in [5.41, 5.74) is -0.999. The minimum Gasteiger partial charge on any atom is -0.388 e. The molecule has 1 saturated heterocycles. The Kier molecular flexibility index (Phi) is 7.50. The predicted molar refractivity (Wildman–Crippen MR) is 96.3 cm³/mol. The lowest BCUT2D eigenvalue weighted by Gasteiger charge is -2.51. The largest absolute Gasteiger partial charge is 0.388 e. The molecule has 1 aliphatic rings. The van der Waals surface area contributed by atoms with E-state index in [2.05, 4.69) is 20.8 Å². The van der Waals surface area contributed by atoms with E-state index in [1.807, 2.05) is 25.8 Å². The molecule has 1 N–H and O–H groups in total. The zero-order valence-electron chi connectivity index (χ0n) is 16.5. The van der Waals surface area contributed by atoms with Gasteiger partial charge < -0.3 is 18.9 Å². The zero-order valence-corrected chi connectivity index (χ0v) is 17.4. The molecule has 4 atom stereocenters. The first kappa shape index (κ1) is 22.1. The van der Waals surface area contributed by atoms with E-state index in [9.17, 15) is 9.67 Å². The molecule has 1 heterocycles. The van der Waals surface area contributed by atoms with Gasteiger partial charge in [0.2, 0.25) is 0 Å². The molecule has 0 aromatic carbocycles. The molecule has 0 saturated carbocycles. The van der Waals surface area contributed by atoms with Gasteiger partial charge in [0.25, 0.3) is 0 Å². The van der Waals surface area contributed by atoms with Crippen LogP contribution in [0.25, 0.3) is 0 Å². The number of aliphatic hydroxyl groups is 1. The maximum Gasteiger partial charge on any atom is 0.344 e.